The summed E-state index contributed by atoms with van der Waals surface area (Å²) in [5, 5.41) is 0. The van der Waals surface area contributed by atoms with E-state index in [1.807, 2.05) is 0 Å². The van der Waals surface area contributed by atoms with E-state index in [0.717, 1.165) is 0 Å². The van der Waals surface area contributed by atoms with Gasteiger partial charge in [0.25, 0.3) is 0 Å². The average molecular weight is 589 g/mol. The van der Waals surface area contributed by atoms with E-state index >= 15 is 0 Å². The van der Waals surface area contributed by atoms with Crippen LogP contribution in [0.1, 0.15) is 0 Å². The van der Waals surface area contributed by atoms with E-state index in [1.54, 1.807) is 39.3 Å². The Morgan fingerprint density at radius 3 is 0.839 bits per heavy atom. The van der Waals surface area contributed by atoms with Crippen molar-refractivity contribution in [2.45, 2.75) is 76.5 Å². The molecule has 0 aliphatic heterocycles. The van der Waals surface area contributed by atoms with Crippen LogP contribution in [0.2, 0.25) is 65.5 Å². The Labute approximate surface area is 184 Å². The van der Waals surface area contributed by atoms with E-state index in [2.05, 4.69) is 0 Å². The summed E-state index contributed by atoms with van der Waals surface area (Å²) in [7, 11) is -27.7. The molecule has 0 aliphatic rings. The molecule has 0 radical (unpaired) electrons. The first kappa shape index (κ1) is 31.5. The molecule has 0 spiro atoms. The summed E-state index contributed by atoms with van der Waals surface area (Å²) in [6.07, 6.45) is 0. The topological polar surface area (TPSA) is 86.7 Å². The highest BCUT2D eigenvalue weighted by molar-refractivity contribution is 7.96. The molecule has 0 atom stereocenters. The molecule has 6 nitrogen and oxygen atoms in total. The summed E-state index contributed by atoms with van der Waals surface area (Å²) in [5.74, 6) is 0. The van der Waals surface area contributed by atoms with Crippen molar-refractivity contribution in [3.63, 3.8) is 0 Å². The van der Waals surface area contributed by atoms with Crippen LogP contribution >= 0.6 is 0 Å². The van der Waals surface area contributed by atoms with Gasteiger partial charge in [0.05, 0.1) is 14.2 Å². The third-order valence-electron chi connectivity index (χ3n) is 7.34. The molecule has 0 fully saturated rings. The molecular formula is C12H30F6O6S2Si5. The van der Waals surface area contributed by atoms with Crippen LogP contribution in [0.3, 0.4) is 0 Å². The van der Waals surface area contributed by atoms with E-state index in [-0.39, 0.29) is 0 Å². The Balaban J connectivity index is 6.48. The molecule has 0 saturated heterocycles. The molecule has 0 bridgehead atoms. The molecule has 0 unspecified atom stereocenters. The number of rotatable bonds is 8. The third-order valence-corrected chi connectivity index (χ3v) is 102. The minimum Gasteiger partial charge on any atom is -0.312 e. The van der Waals surface area contributed by atoms with Crippen LogP contribution in [0.15, 0.2) is 0 Å². The van der Waals surface area contributed by atoms with E-state index < -0.39 is 68.2 Å². The minimum absolute atomic E-state index is 1.36. The van der Waals surface area contributed by atoms with Gasteiger partial charge < -0.3 is 7.74 Å². The van der Waals surface area contributed by atoms with E-state index in [4.69, 9.17) is 7.74 Å². The Morgan fingerprint density at radius 2 is 0.677 bits per heavy atom. The summed E-state index contributed by atoms with van der Waals surface area (Å²) < 4.78 is 134. The van der Waals surface area contributed by atoms with Crippen LogP contribution in [0.25, 0.3) is 0 Å². The lowest BCUT2D eigenvalue weighted by molar-refractivity contribution is -0.0506. The van der Waals surface area contributed by atoms with Crippen molar-refractivity contribution < 1.29 is 50.9 Å². The van der Waals surface area contributed by atoms with Crippen molar-refractivity contribution >= 4 is 57.2 Å². The molecule has 0 aliphatic carbocycles. The lowest BCUT2D eigenvalue weighted by Crippen LogP contribution is -2.85. The van der Waals surface area contributed by atoms with Gasteiger partial charge >= 0.3 is 31.3 Å². The molecule has 0 rings (SSSR count). The quantitative estimate of drug-likeness (QED) is 0.235. The van der Waals surface area contributed by atoms with Crippen molar-refractivity contribution in [1.29, 1.82) is 0 Å². The fourth-order valence-electron chi connectivity index (χ4n) is 3.14. The van der Waals surface area contributed by atoms with Gasteiger partial charge in [-0.3, -0.25) is 0 Å². The van der Waals surface area contributed by atoms with E-state index in [9.17, 15) is 43.2 Å². The third kappa shape index (κ3) is 5.60. The predicted molar refractivity (Wildman–Crippen MR) is 120 cm³/mol. The Kier molecular flexibility index (Phi) is 8.44. The fourth-order valence-corrected chi connectivity index (χ4v) is 114. The normalized spacial score (nSPS) is 16.5. The van der Waals surface area contributed by atoms with Crippen molar-refractivity contribution in [3.05, 3.63) is 0 Å². The number of alkyl halides is 6. The molecule has 19 heteroatoms. The molecule has 31 heavy (non-hydrogen) atoms. The Morgan fingerprint density at radius 1 is 0.484 bits per heavy atom. The molecule has 0 aromatic carbocycles. The molecule has 0 saturated carbocycles. The maximum Gasteiger partial charge on any atom is 0.522 e. The zero-order valence-corrected chi connectivity index (χ0v) is 25.7. The Hall–Kier alpha value is 0.484. The van der Waals surface area contributed by atoms with Crippen LogP contribution in [0.4, 0.5) is 26.3 Å². The minimum atomic E-state index is -5.86. The molecule has 0 heterocycles. The van der Waals surface area contributed by atoms with Gasteiger partial charge in [0, 0.05) is 7.11 Å². The van der Waals surface area contributed by atoms with E-state index in [0.29, 0.717) is 0 Å². The molecule has 0 aromatic heterocycles. The summed E-state index contributed by atoms with van der Waals surface area (Å²) in [5.41, 5.74) is -11.2. The second-order valence-corrected chi connectivity index (χ2v) is 64.0. The second kappa shape index (κ2) is 8.31. The van der Waals surface area contributed by atoms with Gasteiger partial charge in [-0.1, -0.05) is 39.3 Å². The zero-order chi connectivity index (χ0) is 25.9. The standard InChI is InChI=1S/C12H30F6O6S2Si5/c1-27(2,23-25(19,20)11(13,14)15)29(5,6)31(9,10)30(7,8)28(3,4)24-26(21,22)12(16,17)18/h1-10H3. The van der Waals surface area contributed by atoms with Crippen LogP contribution in [-0.2, 0) is 28.0 Å². The second-order valence-electron chi connectivity index (χ2n) is 9.86. The van der Waals surface area contributed by atoms with Crippen molar-refractivity contribution in [3.8, 4) is 0 Å². The largest absolute Gasteiger partial charge is 0.522 e. The van der Waals surface area contributed by atoms with E-state index in [1.165, 1.54) is 26.2 Å². The van der Waals surface area contributed by atoms with Crippen molar-refractivity contribution in [2.75, 3.05) is 0 Å². The first-order valence-electron chi connectivity index (χ1n) is 8.95. The molecule has 0 aromatic rings. The van der Waals surface area contributed by atoms with Gasteiger partial charge in [0.15, 0.2) is 15.7 Å². The number of hydrogen-bond acceptors (Lipinski definition) is 6. The molecule has 188 valence electrons. The smallest absolute Gasteiger partial charge is 0.312 e. The highest BCUT2D eigenvalue weighted by Crippen LogP contribution is 2.42. The van der Waals surface area contributed by atoms with Crippen LogP contribution in [-0.4, -0.2) is 64.8 Å². The van der Waals surface area contributed by atoms with Crippen LogP contribution in [0, 0.1) is 0 Å². The van der Waals surface area contributed by atoms with Crippen molar-refractivity contribution in [2.24, 2.45) is 0 Å². The monoisotopic (exact) mass is 588 g/mol. The van der Waals surface area contributed by atoms with Crippen molar-refractivity contribution in [1.82, 2.24) is 0 Å². The van der Waals surface area contributed by atoms with Crippen LogP contribution < -0.4 is 0 Å². The zero-order valence-electron chi connectivity index (χ0n) is 19.0. The fraction of sp³-hybridized carbons (Fsp3) is 1.00. The van der Waals surface area contributed by atoms with Crippen LogP contribution in [0.5, 0.6) is 0 Å². The Bertz CT molecular complexity index is 822. The summed E-state index contributed by atoms with van der Waals surface area (Å²) in [4.78, 5) is 0. The summed E-state index contributed by atoms with van der Waals surface area (Å²) >= 11 is 0. The first-order chi connectivity index (χ1) is 12.9. The number of hydrogen-bond donors (Lipinski definition) is 0. The molecule has 0 amide bonds. The van der Waals surface area contributed by atoms with Gasteiger partial charge in [0.1, 0.15) is 0 Å². The lowest BCUT2D eigenvalue weighted by atomic mass is 11.6. The van der Waals surface area contributed by atoms with Gasteiger partial charge in [-0.05, 0) is 26.2 Å². The average Bonchev–Trinajstić information content (AvgIpc) is 2.41. The highest BCUT2D eigenvalue weighted by Gasteiger charge is 2.68. The van der Waals surface area contributed by atoms with Gasteiger partial charge in [-0.2, -0.15) is 43.2 Å². The lowest BCUT2D eigenvalue weighted by Gasteiger charge is -2.56. The number of halogens is 6. The van der Waals surface area contributed by atoms with Gasteiger partial charge in [0.2, 0.25) is 0 Å². The maximum atomic E-state index is 12.9. The predicted octanol–water partition coefficient (Wildman–Crippen LogP) is 4.57. The summed E-state index contributed by atoms with van der Waals surface area (Å²) in [6, 6.07) is 0. The maximum absolute atomic E-state index is 12.9. The molecule has 0 N–H and O–H groups in total. The summed E-state index contributed by atoms with van der Waals surface area (Å²) in [6.45, 7) is 15.8. The highest BCUT2D eigenvalue weighted by atomic mass is 32.2. The van der Waals surface area contributed by atoms with Gasteiger partial charge in [-0.15, -0.1) is 0 Å². The van der Waals surface area contributed by atoms with Gasteiger partial charge in [-0.25, -0.2) is 0 Å². The first-order valence-corrected chi connectivity index (χ1v) is 30.6. The molecular weight excluding hydrogens is 559 g/mol. The SMILES string of the molecule is C[Si](C)(OS(=O)(=O)C(F)(F)F)[Si](C)(C)[Si](C)(C)[Si](C)(C)[Si](C)(C)OS(=O)(=O)C(F)(F)F.